The van der Waals surface area contributed by atoms with Crippen molar-refractivity contribution in [1.82, 2.24) is 14.9 Å². The van der Waals surface area contributed by atoms with Crippen molar-refractivity contribution in [2.75, 3.05) is 13.7 Å². The summed E-state index contributed by atoms with van der Waals surface area (Å²) in [4.78, 5) is 4.05. The van der Waals surface area contributed by atoms with Gasteiger partial charge in [-0.15, -0.1) is 0 Å². The fraction of sp³-hybridized carbons (Fsp3) is 0.318. The Morgan fingerprint density at radius 1 is 1.21 bits per heavy atom. The van der Waals surface area contributed by atoms with Crippen molar-refractivity contribution in [1.29, 1.82) is 0 Å². The van der Waals surface area contributed by atoms with Gasteiger partial charge in [0.05, 0.1) is 18.5 Å². The Labute approximate surface area is 171 Å². The fourth-order valence-corrected chi connectivity index (χ4v) is 3.26. The van der Waals surface area contributed by atoms with Gasteiger partial charge in [-0.3, -0.25) is 0 Å². The molecule has 0 saturated heterocycles. The summed E-state index contributed by atoms with van der Waals surface area (Å²) in [7, 11) is 1.63. The first-order valence-electron chi connectivity index (χ1n) is 9.37. The Balaban J connectivity index is 1.55. The number of ether oxygens (including phenoxy) is 2. The molecule has 1 heterocycles. The topological polar surface area (TPSA) is 48.3 Å². The molecule has 0 aliphatic rings. The molecule has 0 radical (unpaired) electrons. The lowest BCUT2D eigenvalue weighted by atomic mass is 10.1. The van der Waals surface area contributed by atoms with Crippen molar-refractivity contribution in [2.24, 2.45) is 0 Å². The van der Waals surface area contributed by atoms with E-state index in [1.165, 1.54) is 5.56 Å². The molecule has 28 heavy (non-hydrogen) atoms. The van der Waals surface area contributed by atoms with Crippen LogP contribution in [0.4, 0.5) is 0 Å². The van der Waals surface area contributed by atoms with Crippen LogP contribution in [0, 0.1) is 6.92 Å². The zero-order valence-corrected chi connectivity index (χ0v) is 17.1. The third-order valence-electron chi connectivity index (χ3n) is 4.58. The molecule has 0 spiro atoms. The molecule has 0 saturated carbocycles. The molecule has 148 valence electrons. The summed E-state index contributed by atoms with van der Waals surface area (Å²) in [6.45, 7) is 5.10. The minimum atomic E-state index is 0.453. The molecule has 0 aliphatic carbocycles. The van der Waals surface area contributed by atoms with E-state index in [1.807, 2.05) is 36.8 Å². The molecule has 3 aromatic rings. The number of methoxy groups -OCH3 is 1. The van der Waals surface area contributed by atoms with E-state index < -0.39 is 0 Å². The van der Waals surface area contributed by atoms with Gasteiger partial charge in [-0.25, -0.2) is 4.98 Å². The summed E-state index contributed by atoms with van der Waals surface area (Å²) in [6.07, 6.45) is 6.63. The monoisotopic (exact) mass is 399 g/mol. The molecule has 0 atom stereocenters. The molecular weight excluding hydrogens is 374 g/mol. The second-order valence-electron chi connectivity index (χ2n) is 6.66. The maximum Gasteiger partial charge on any atom is 0.180 e. The molecular formula is C22H26ClN3O2. The summed E-state index contributed by atoms with van der Waals surface area (Å²) in [5.74, 6) is 1.23. The maximum absolute atomic E-state index is 6.48. The first-order chi connectivity index (χ1) is 13.7. The summed E-state index contributed by atoms with van der Waals surface area (Å²) >= 11 is 6.48. The van der Waals surface area contributed by atoms with Crippen LogP contribution in [-0.4, -0.2) is 23.2 Å². The summed E-state index contributed by atoms with van der Waals surface area (Å²) in [6, 6.07) is 12.1. The normalized spacial score (nSPS) is 10.8. The van der Waals surface area contributed by atoms with Gasteiger partial charge in [-0.1, -0.05) is 35.9 Å². The zero-order valence-electron chi connectivity index (χ0n) is 16.3. The second-order valence-corrected chi connectivity index (χ2v) is 7.06. The molecule has 0 unspecified atom stereocenters. The number of imidazole rings is 1. The van der Waals surface area contributed by atoms with E-state index >= 15 is 0 Å². The second kappa shape index (κ2) is 10.2. The highest BCUT2D eigenvalue weighted by molar-refractivity contribution is 6.32. The van der Waals surface area contributed by atoms with E-state index in [4.69, 9.17) is 21.1 Å². The van der Waals surface area contributed by atoms with E-state index in [1.54, 1.807) is 13.3 Å². The predicted octanol–water partition coefficient (Wildman–Crippen LogP) is 4.61. The van der Waals surface area contributed by atoms with Gasteiger partial charge in [0.2, 0.25) is 0 Å². The molecule has 0 amide bonds. The molecule has 3 rings (SSSR count). The zero-order chi connectivity index (χ0) is 19.8. The third kappa shape index (κ3) is 5.50. The van der Waals surface area contributed by atoms with Crippen LogP contribution in [0.25, 0.3) is 0 Å². The van der Waals surface area contributed by atoms with E-state index in [-0.39, 0.29) is 0 Å². The molecule has 0 aliphatic heterocycles. The number of aryl methyl sites for hydroxylation is 2. The van der Waals surface area contributed by atoms with Crippen LogP contribution in [0.1, 0.15) is 23.1 Å². The number of aromatic nitrogens is 2. The lowest BCUT2D eigenvalue weighted by Crippen LogP contribution is -2.16. The van der Waals surface area contributed by atoms with Crippen LogP contribution in [0.5, 0.6) is 11.5 Å². The average molecular weight is 400 g/mol. The minimum Gasteiger partial charge on any atom is -0.493 e. The van der Waals surface area contributed by atoms with Crippen LogP contribution in [0.15, 0.2) is 55.1 Å². The van der Waals surface area contributed by atoms with E-state index in [2.05, 4.69) is 33.9 Å². The number of hydrogen-bond acceptors (Lipinski definition) is 4. The van der Waals surface area contributed by atoms with Gasteiger partial charge < -0.3 is 19.4 Å². The number of nitrogens with zero attached hydrogens (tertiary/aromatic N) is 2. The van der Waals surface area contributed by atoms with E-state index in [0.29, 0.717) is 23.1 Å². The van der Waals surface area contributed by atoms with Crippen LogP contribution in [-0.2, 0) is 19.7 Å². The van der Waals surface area contributed by atoms with Gasteiger partial charge in [0.25, 0.3) is 0 Å². The van der Waals surface area contributed by atoms with E-state index in [0.717, 1.165) is 37.2 Å². The van der Waals surface area contributed by atoms with Crippen LogP contribution < -0.4 is 14.8 Å². The van der Waals surface area contributed by atoms with Crippen molar-refractivity contribution in [3.63, 3.8) is 0 Å². The Bertz CT molecular complexity index is 881. The Morgan fingerprint density at radius 3 is 2.82 bits per heavy atom. The molecule has 0 fully saturated rings. The number of rotatable bonds is 10. The fourth-order valence-electron chi connectivity index (χ4n) is 2.98. The van der Waals surface area contributed by atoms with Crippen molar-refractivity contribution in [3.05, 3.63) is 76.8 Å². The van der Waals surface area contributed by atoms with Gasteiger partial charge in [0.1, 0.15) is 6.61 Å². The SMILES string of the molecule is COc1cc(CNCCCn2ccnc2)cc(Cl)c1OCc1ccccc1C. The largest absolute Gasteiger partial charge is 0.493 e. The maximum atomic E-state index is 6.48. The Hall–Kier alpha value is -2.50. The highest BCUT2D eigenvalue weighted by atomic mass is 35.5. The number of hydrogen-bond donors (Lipinski definition) is 1. The summed E-state index contributed by atoms with van der Waals surface area (Å²) in [5.41, 5.74) is 3.38. The lowest BCUT2D eigenvalue weighted by Gasteiger charge is -2.15. The summed E-state index contributed by atoms with van der Waals surface area (Å²) < 4.78 is 13.6. The Kier molecular flexibility index (Phi) is 7.34. The van der Waals surface area contributed by atoms with Crippen LogP contribution in [0.3, 0.4) is 0 Å². The molecule has 1 aromatic heterocycles. The third-order valence-corrected chi connectivity index (χ3v) is 4.86. The van der Waals surface area contributed by atoms with Crippen molar-refractivity contribution in [3.8, 4) is 11.5 Å². The molecule has 2 aromatic carbocycles. The molecule has 1 N–H and O–H groups in total. The first kappa shape index (κ1) is 20.2. The highest BCUT2D eigenvalue weighted by Gasteiger charge is 2.13. The number of halogens is 1. The number of nitrogens with one attached hydrogen (secondary N) is 1. The highest BCUT2D eigenvalue weighted by Crippen LogP contribution is 2.37. The molecule has 6 heteroatoms. The van der Waals surface area contributed by atoms with Gasteiger partial charge in [0, 0.05) is 25.5 Å². The van der Waals surface area contributed by atoms with Crippen LogP contribution in [0.2, 0.25) is 5.02 Å². The van der Waals surface area contributed by atoms with Gasteiger partial charge in [-0.05, 0) is 48.7 Å². The van der Waals surface area contributed by atoms with Crippen LogP contribution >= 0.6 is 11.6 Å². The minimum absolute atomic E-state index is 0.453. The standard InChI is InChI=1S/C22H26ClN3O2/c1-17-6-3-4-7-19(17)15-28-22-20(23)12-18(13-21(22)27-2)14-24-8-5-10-26-11-9-25-16-26/h3-4,6-7,9,11-13,16,24H,5,8,10,14-15H2,1-2H3. The summed E-state index contributed by atoms with van der Waals surface area (Å²) in [5, 5.41) is 4.00. The quantitative estimate of drug-likeness (QED) is 0.505. The molecule has 0 bridgehead atoms. The van der Waals surface area contributed by atoms with Crippen molar-refractivity contribution >= 4 is 11.6 Å². The predicted molar refractivity (Wildman–Crippen MR) is 112 cm³/mol. The first-order valence-corrected chi connectivity index (χ1v) is 9.75. The van der Waals surface area contributed by atoms with Gasteiger partial charge in [0.15, 0.2) is 11.5 Å². The van der Waals surface area contributed by atoms with Crippen molar-refractivity contribution in [2.45, 2.75) is 33.0 Å². The van der Waals surface area contributed by atoms with E-state index in [9.17, 15) is 0 Å². The average Bonchev–Trinajstić information content (AvgIpc) is 3.21. The lowest BCUT2D eigenvalue weighted by molar-refractivity contribution is 0.284. The Morgan fingerprint density at radius 2 is 2.07 bits per heavy atom. The van der Waals surface area contributed by atoms with Crippen molar-refractivity contribution < 1.29 is 9.47 Å². The van der Waals surface area contributed by atoms with Gasteiger partial charge >= 0.3 is 0 Å². The smallest absolute Gasteiger partial charge is 0.180 e. The molecule has 5 nitrogen and oxygen atoms in total. The number of benzene rings is 2. The van der Waals surface area contributed by atoms with Gasteiger partial charge in [-0.2, -0.15) is 0 Å².